The summed E-state index contributed by atoms with van der Waals surface area (Å²) < 4.78 is 4.95. The average molecular weight is 176 g/mol. The van der Waals surface area contributed by atoms with Crippen LogP contribution in [0.15, 0.2) is 0 Å². The van der Waals surface area contributed by atoms with Crippen molar-refractivity contribution in [3.8, 4) is 0 Å². The molecule has 5 nitrogen and oxygen atoms in total. The minimum Gasteiger partial charge on any atom is -0.395 e. The summed E-state index contributed by atoms with van der Waals surface area (Å²) in [5, 5.41) is 11.3. The SMILES string of the molecule is CCC(NCCO)(OC)C(N)=O. The highest BCUT2D eigenvalue weighted by Gasteiger charge is 2.33. The summed E-state index contributed by atoms with van der Waals surface area (Å²) in [5.41, 5.74) is 3.99. The predicted molar refractivity (Wildman–Crippen MR) is 44.3 cm³/mol. The summed E-state index contributed by atoms with van der Waals surface area (Å²) in [6, 6.07) is 0. The second-order valence-electron chi connectivity index (χ2n) is 2.40. The minimum absolute atomic E-state index is 0.0572. The highest BCUT2D eigenvalue weighted by atomic mass is 16.5. The molecule has 0 aliphatic rings. The Morgan fingerprint density at radius 3 is 2.58 bits per heavy atom. The first kappa shape index (κ1) is 11.4. The van der Waals surface area contributed by atoms with Crippen molar-refractivity contribution >= 4 is 5.91 Å². The third-order valence-corrected chi connectivity index (χ3v) is 1.77. The van der Waals surface area contributed by atoms with Crippen LogP contribution in [0.4, 0.5) is 0 Å². The molecule has 1 amide bonds. The fraction of sp³-hybridized carbons (Fsp3) is 0.857. The van der Waals surface area contributed by atoms with Crippen LogP contribution in [-0.2, 0) is 9.53 Å². The third kappa shape index (κ3) is 2.44. The van der Waals surface area contributed by atoms with E-state index in [2.05, 4.69) is 5.32 Å². The molecule has 0 heterocycles. The molecule has 72 valence electrons. The first-order valence-electron chi connectivity index (χ1n) is 3.84. The average Bonchev–Trinajstić information content (AvgIpc) is 2.07. The van der Waals surface area contributed by atoms with E-state index in [0.29, 0.717) is 6.42 Å². The van der Waals surface area contributed by atoms with Crippen molar-refractivity contribution in [3.05, 3.63) is 0 Å². The van der Waals surface area contributed by atoms with Crippen molar-refractivity contribution in [3.63, 3.8) is 0 Å². The second kappa shape index (κ2) is 5.08. The van der Waals surface area contributed by atoms with Crippen LogP contribution < -0.4 is 11.1 Å². The second-order valence-corrected chi connectivity index (χ2v) is 2.40. The topological polar surface area (TPSA) is 84.6 Å². The Bertz CT molecular complexity index is 146. The zero-order chi connectivity index (χ0) is 9.61. The first-order chi connectivity index (χ1) is 5.63. The van der Waals surface area contributed by atoms with Crippen LogP contribution in [-0.4, -0.2) is 37.0 Å². The number of nitrogens with one attached hydrogen (secondary N) is 1. The van der Waals surface area contributed by atoms with Gasteiger partial charge in [0.05, 0.1) is 6.61 Å². The Morgan fingerprint density at radius 2 is 2.33 bits per heavy atom. The van der Waals surface area contributed by atoms with E-state index in [-0.39, 0.29) is 13.2 Å². The van der Waals surface area contributed by atoms with E-state index in [1.165, 1.54) is 7.11 Å². The van der Waals surface area contributed by atoms with E-state index >= 15 is 0 Å². The lowest BCUT2D eigenvalue weighted by atomic mass is 10.1. The van der Waals surface area contributed by atoms with Crippen molar-refractivity contribution in [1.29, 1.82) is 0 Å². The molecule has 0 saturated carbocycles. The maximum Gasteiger partial charge on any atom is 0.264 e. The molecule has 1 atom stereocenters. The molecule has 12 heavy (non-hydrogen) atoms. The molecule has 0 aromatic carbocycles. The number of aliphatic hydroxyl groups excluding tert-OH is 1. The number of nitrogens with two attached hydrogens (primary N) is 1. The molecule has 0 rings (SSSR count). The van der Waals surface area contributed by atoms with Gasteiger partial charge in [-0.05, 0) is 6.42 Å². The van der Waals surface area contributed by atoms with Gasteiger partial charge in [-0.25, -0.2) is 0 Å². The van der Waals surface area contributed by atoms with Crippen LogP contribution in [0, 0.1) is 0 Å². The largest absolute Gasteiger partial charge is 0.395 e. The number of primary amides is 1. The van der Waals surface area contributed by atoms with Crippen LogP contribution in [0.1, 0.15) is 13.3 Å². The van der Waals surface area contributed by atoms with Gasteiger partial charge in [-0.1, -0.05) is 6.92 Å². The van der Waals surface area contributed by atoms with Gasteiger partial charge in [0.1, 0.15) is 0 Å². The van der Waals surface area contributed by atoms with Crippen LogP contribution in [0.5, 0.6) is 0 Å². The molecule has 4 N–H and O–H groups in total. The fourth-order valence-corrected chi connectivity index (χ4v) is 0.961. The van der Waals surface area contributed by atoms with Crippen molar-refractivity contribution in [2.45, 2.75) is 19.1 Å². The van der Waals surface area contributed by atoms with Crippen molar-refractivity contribution in [1.82, 2.24) is 5.32 Å². The Kier molecular flexibility index (Phi) is 4.80. The number of rotatable bonds is 6. The van der Waals surface area contributed by atoms with Gasteiger partial charge >= 0.3 is 0 Å². The summed E-state index contributed by atoms with van der Waals surface area (Å²) in [6.45, 7) is 2.00. The Hall–Kier alpha value is -0.650. The number of aliphatic hydroxyl groups is 1. The third-order valence-electron chi connectivity index (χ3n) is 1.77. The summed E-state index contributed by atoms with van der Waals surface area (Å²) in [6.07, 6.45) is 0.429. The Morgan fingerprint density at radius 1 is 1.75 bits per heavy atom. The summed E-state index contributed by atoms with van der Waals surface area (Å²) in [7, 11) is 1.40. The molecule has 0 bridgehead atoms. The molecular weight excluding hydrogens is 160 g/mol. The smallest absolute Gasteiger partial charge is 0.264 e. The Labute approximate surface area is 71.9 Å². The monoisotopic (exact) mass is 176 g/mol. The standard InChI is InChI=1S/C7H16N2O3/c1-3-7(12-2,6(8)11)9-4-5-10/h9-10H,3-5H2,1-2H3,(H2,8,11). The zero-order valence-corrected chi connectivity index (χ0v) is 7.46. The quantitative estimate of drug-likeness (QED) is 0.444. The molecule has 0 aliphatic heterocycles. The fourth-order valence-electron chi connectivity index (χ4n) is 0.961. The maximum absolute atomic E-state index is 10.9. The molecule has 1 unspecified atom stereocenters. The van der Waals surface area contributed by atoms with Gasteiger partial charge in [-0.3, -0.25) is 10.1 Å². The molecule has 5 heteroatoms. The number of amides is 1. The van der Waals surface area contributed by atoms with Crippen LogP contribution >= 0.6 is 0 Å². The Balaban J connectivity index is 4.25. The molecule has 0 aliphatic carbocycles. The lowest BCUT2D eigenvalue weighted by Crippen LogP contribution is -2.57. The van der Waals surface area contributed by atoms with E-state index in [9.17, 15) is 4.79 Å². The van der Waals surface area contributed by atoms with Crippen molar-refractivity contribution < 1.29 is 14.6 Å². The van der Waals surface area contributed by atoms with Crippen LogP contribution in [0.3, 0.4) is 0 Å². The number of methoxy groups -OCH3 is 1. The van der Waals surface area contributed by atoms with Gasteiger partial charge < -0.3 is 15.6 Å². The molecule has 0 fully saturated rings. The van der Waals surface area contributed by atoms with Gasteiger partial charge in [-0.2, -0.15) is 0 Å². The summed E-state index contributed by atoms with van der Waals surface area (Å²) >= 11 is 0. The number of ether oxygens (including phenoxy) is 1. The molecule has 0 radical (unpaired) electrons. The van der Waals surface area contributed by atoms with Crippen molar-refractivity contribution in [2.75, 3.05) is 20.3 Å². The molecule has 0 aromatic heterocycles. The van der Waals surface area contributed by atoms with Gasteiger partial charge in [-0.15, -0.1) is 0 Å². The predicted octanol–water partition coefficient (Wildman–Crippen LogP) is -1.19. The highest BCUT2D eigenvalue weighted by molar-refractivity contribution is 5.82. The van der Waals surface area contributed by atoms with Gasteiger partial charge in [0.25, 0.3) is 5.91 Å². The van der Waals surface area contributed by atoms with Gasteiger partial charge in [0, 0.05) is 13.7 Å². The van der Waals surface area contributed by atoms with Gasteiger partial charge in [0.2, 0.25) is 0 Å². The molecule has 0 aromatic rings. The van der Waals surface area contributed by atoms with E-state index in [1.807, 2.05) is 0 Å². The van der Waals surface area contributed by atoms with Crippen LogP contribution in [0.25, 0.3) is 0 Å². The van der Waals surface area contributed by atoms with E-state index in [0.717, 1.165) is 0 Å². The lowest BCUT2D eigenvalue weighted by Gasteiger charge is -2.28. The zero-order valence-electron chi connectivity index (χ0n) is 7.46. The highest BCUT2D eigenvalue weighted by Crippen LogP contribution is 2.09. The van der Waals surface area contributed by atoms with Crippen molar-refractivity contribution in [2.24, 2.45) is 5.73 Å². The van der Waals surface area contributed by atoms with E-state index in [1.54, 1.807) is 6.92 Å². The number of carbonyl (C=O) groups excluding carboxylic acids is 1. The maximum atomic E-state index is 10.9. The van der Waals surface area contributed by atoms with Gasteiger partial charge in [0.15, 0.2) is 5.72 Å². The number of carbonyl (C=O) groups is 1. The molecule has 0 saturated heterocycles. The summed E-state index contributed by atoms with van der Waals surface area (Å²) in [5.74, 6) is -0.569. The lowest BCUT2D eigenvalue weighted by molar-refractivity contribution is -0.145. The summed E-state index contributed by atoms with van der Waals surface area (Å²) in [4.78, 5) is 10.9. The normalized spacial score (nSPS) is 15.6. The van der Waals surface area contributed by atoms with Crippen LogP contribution in [0.2, 0.25) is 0 Å². The van der Waals surface area contributed by atoms with E-state index in [4.69, 9.17) is 15.6 Å². The number of hydrogen-bond acceptors (Lipinski definition) is 4. The minimum atomic E-state index is -1.14. The first-order valence-corrected chi connectivity index (χ1v) is 3.84. The molecular formula is C7H16N2O3. The van der Waals surface area contributed by atoms with E-state index < -0.39 is 11.6 Å². The number of hydrogen-bond donors (Lipinski definition) is 3. The molecule has 0 spiro atoms.